The maximum Gasteiger partial charge on any atom is 0.243 e. The second kappa shape index (κ2) is 6.49. The number of hydrogen-bond acceptors (Lipinski definition) is 4. The molecule has 0 spiro atoms. The Kier molecular flexibility index (Phi) is 4.87. The third-order valence-corrected chi connectivity index (χ3v) is 4.63. The number of nitrogens with zero attached hydrogens (tertiary/aromatic N) is 3. The van der Waals surface area contributed by atoms with Crippen molar-refractivity contribution in [2.75, 3.05) is 0 Å². The van der Waals surface area contributed by atoms with Crippen molar-refractivity contribution in [1.82, 2.24) is 19.7 Å². The van der Waals surface area contributed by atoms with E-state index in [9.17, 15) is 17.2 Å². The summed E-state index contributed by atoms with van der Waals surface area (Å²) in [6.07, 6.45) is 2.94. The van der Waals surface area contributed by atoms with Gasteiger partial charge in [-0.05, 0) is 24.1 Å². The summed E-state index contributed by atoms with van der Waals surface area (Å²) in [6.45, 7) is 3.79. The highest BCUT2D eigenvalue weighted by molar-refractivity contribution is 7.89. The fourth-order valence-corrected chi connectivity index (χ4v) is 3.31. The summed E-state index contributed by atoms with van der Waals surface area (Å²) in [7, 11) is -4.19. The molecule has 1 N–H and O–H groups in total. The maximum absolute atomic E-state index is 13.7. The van der Waals surface area contributed by atoms with Crippen molar-refractivity contribution in [3.8, 4) is 0 Å². The van der Waals surface area contributed by atoms with Gasteiger partial charge in [0.1, 0.15) is 16.5 Å². The molecule has 120 valence electrons. The maximum atomic E-state index is 13.7. The summed E-state index contributed by atoms with van der Waals surface area (Å²) in [5.41, 5.74) is 0. The molecule has 0 aliphatic carbocycles. The van der Waals surface area contributed by atoms with E-state index in [4.69, 9.17) is 0 Å². The molecule has 0 aliphatic rings. The Balaban J connectivity index is 2.26. The monoisotopic (exact) mass is 330 g/mol. The summed E-state index contributed by atoms with van der Waals surface area (Å²) in [6, 6.07) is 1.73. The van der Waals surface area contributed by atoms with Crippen LogP contribution in [0.5, 0.6) is 0 Å². The van der Waals surface area contributed by atoms with Gasteiger partial charge in [0.25, 0.3) is 0 Å². The molecule has 2 rings (SSSR count). The minimum Gasteiger partial charge on any atom is -0.207 e. The van der Waals surface area contributed by atoms with E-state index in [0.29, 0.717) is 6.07 Å². The molecule has 0 amide bonds. The third kappa shape index (κ3) is 3.86. The normalized spacial score (nSPS) is 13.5. The lowest BCUT2D eigenvalue weighted by Crippen LogP contribution is -2.42. The fourth-order valence-electron chi connectivity index (χ4n) is 1.84. The zero-order valence-corrected chi connectivity index (χ0v) is 12.9. The molecule has 0 fully saturated rings. The van der Waals surface area contributed by atoms with Crippen molar-refractivity contribution in [3.05, 3.63) is 42.2 Å². The lowest BCUT2D eigenvalue weighted by Gasteiger charge is -2.21. The second-order valence-corrected chi connectivity index (χ2v) is 6.81. The average Bonchev–Trinajstić information content (AvgIpc) is 2.93. The predicted molar refractivity (Wildman–Crippen MR) is 75.3 cm³/mol. The number of halogens is 2. The van der Waals surface area contributed by atoms with Gasteiger partial charge in [0.2, 0.25) is 10.0 Å². The van der Waals surface area contributed by atoms with Gasteiger partial charge in [-0.1, -0.05) is 13.8 Å². The van der Waals surface area contributed by atoms with Crippen LogP contribution in [0.4, 0.5) is 8.78 Å². The molecule has 1 heterocycles. The van der Waals surface area contributed by atoms with Crippen LogP contribution >= 0.6 is 0 Å². The van der Waals surface area contributed by atoms with Crippen LogP contribution in [0.2, 0.25) is 0 Å². The molecule has 0 radical (unpaired) electrons. The number of benzene rings is 1. The van der Waals surface area contributed by atoms with Gasteiger partial charge in [-0.15, -0.1) is 0 Å². The van der Waals surface area contributed by atoms with E-state index in [0.717, 1.165) is 12.1 Å². The lowest BCUT2D eigenvalue weighted by molar-refractivity contribution is 0.361. The topological polar surface area (TPSA) is 76.9 Å². The molecule has 22 heavy (non-hydrogen) atoms. The zero-order valence-electron chi connectivity index (χ0n) is 12.1. The van der Waals surface area contributed by atoms with E-state index in [-0.39, 0.29) is 12.5 Å². The van der Waals surface area contributed by atoms with Crippen LogP contribution in [-0.2, 0) is 16.6 Å². The van der Waals surface area contributed by atoms with E-state index >= 15 is 0 Å². The molecule has 0 bridgehead atoms. The Morgan fingerprint density at radius 2 is 1.86 bits per heavy atom. The highest BCUT2D eigenvalue weighted by Gasteiger charge is 2.26. The molecule has 1 aromatic carbocycles. The molecule has 1 atom stereocenters. The summed E-state index contributed by atoms with van der Waals surface area (Å²) in [4.78, 5) is 0.612. The zero-order chi connectivity index (χ0) is 16.3. The molecular formula is C13H16F2N4O2S. The molecule has 2 aromatic rings. The van der Waals surface area contributed by atoms with Gasteiger partial charge >= 0.3 is 0 Å². The minimum absolute atomic E-state index is 0.0996. The highest BCUT2D eigenvalue weighted by Crippen LogP contribution is 2.17. The van der Waals surface area contributed by atoms with Crippen molar-refractivity contribution >= 4 is 10.0 Å². The quantitative estimate of drug-likeness (QED) is 0.872. The van der Waals surface area contributed by atoms with Crippen LogP contribution in [-0.4, -0.2) is 29.5 Å². The van der Waals surface area contributed by atoms with E-state index in [2.05, 4.69) is 14.9 Å². The van der Waals surface area contributed by atoms with Crippen molar-refractivity contribution in [2.24, 2.45) is 5.92 Å². The van der Waals surface area contributed by atoms with E-state index in [1.54, 1.807) is 13.8 Å². The molecule has 0 saturated heterocycles. The van der Waals surface area contributed by atoms with Crippen LogP contribution in [0.3, 0.4) is 0 Å². The number of hydrogen-bond donors (Lipinski definition) is 1. The molecule has 1 unspecified atom stereocenters. The Morgan fingerprint density at radius 1 is 1.23 bits per heavy atom. The van der Waals surface area contributed by atoms with Gasteiger partial charge in [-0.2, -0.15) is 15.0 Å². The lowest BCUT2D eigenvalue weighted by atomic mass is 10.1. The number of aromatic nitrogens is 3. The van der Waals surface area contributed by atoms with Gasteiger partial charge in [-0.3, -0.25) is 0 Å². The molecular weight excluding hydrogens is 314 g/mol. The molecule has 0 aliphatic heterocycles. The third-order valence-electron chi connectivity index (χ3n) is 3.12. The van der Waals surface area contributed by atoms with Gasteiger partial charge in [-0.25, -0.2) is 21.9 Å². The summed E-state index contributed by atoms with van der Waals surface area (Å²) < 4.78 is 53.8. The highest BCUT2D eigenvalue weighted by atomic mass is 32.2. The van der Waals surface area contributed by atoms with Gasteiger partial charge in [0, 0.05) is 6.04 Å². The minimum atomic E-state index is -4.19. The van der Waals surface area contributed by atoms with E-state index < -0.39 is 32.6 Å². The van der Waals surface area contributed by atoms with Crippen LogP contribution in [0.15, 0.2) is 35.5 Å². The SMILES string of the molecule is CC(C)C(Cn1nccn1)NS(=O)(=O)c1cc(F)ccc1F. The van der Waals surface area contributed by atoms with Crippen molar-refractivity contribution in [3.63, 3.8) is 0 Å². The van der Waals surface area contributed by atoms with Crippen LogP contribution in [0, 0.1) is 17.6 Å². The Labute approximate surface area is 127 Å². The second-order valence-electron chi connectivity index (χ2n) is 5.13. The summed E-state index contributed by atoms with van der Waals surface area (Å²) in [5, 5.41) is 7.82. The van der Waals surface area contributed by atoms with E-state index in [1.165, 1.54) is 17.2 Å². The van der Waals surface area contributed by atoms with Gasteiger partial charge in [0.15, 0.2) is 0 Å². The molecule has 9 heteroatoms. The van der Waals surface area contributed by atoms with Crippen LogP contribution in [0.25, 0.3) is 0 Å². The first-order valence-corrected chi connectivity index (χ1v) is 8.09. The Bertz CT molecular complexity index is 733. The van der Waals surface area contributed by atoms with Crippen molar-refractivity contribution in [1.29, 1.82) is 0 Å². The molecule has 1 aromatic heterocycles. The van der Waals surface area contributed by atoms with Crippen LogP contribution < -0.4 is 4.72 Å². The van der Waals surface area contributed by atoms with Crippen molar-refractivity contribution < 1.29 is 17.2 Å². The van der Waals surface area contributed by atoms with Gasteiger partial charge < -0.3 is 0 Å². The summed E-state index contributed by atoms with van der Waals surface area (Å²) >= 11 is 0. The first-order valence-electron chi connectivity index (χ1n) is 6.61. The largest absolute Gasteiger partial charge is 0.243 e. The fraction of sp³-hybridized carbons (Fsp3) is 0.385. The first kappa shape index (κ1) is 16.5. The predicted octanol–water partition coefficient (Wildman–Crippen LogP) is 1.56. The average molecular weight is 330 g/mol. The Hall–Kier alpha value is -1.87. The number of sulfonamides is 1. The number of rotatable bonds is 6. The number of nitrogens with one attached hydrogen (secondary N) is 1. The standard InChI is InChI=1S/C13H16F2N4O2S/c1-9(2)12(8-19-16-5-6-17-19)18-22(20,21)13-7-10(14)3-4-11(13)15/h3-7,9,12,18H,8H2,1-2H3. The van der Waals surface area contributed by atoms with Gasteiger partial charge in [0.05, 0.1) is 18.9 Å². The van der Waals surface area contributed by atoms with E-state index in [1.807, 2.05) is 0 Å². The molecule has 6 nitrogen and oxygen atoms in total. The van der Waals surface area contributed by atoms with Crippen LogP contribution in [0.1, 0.15) is 13.8 Å². The smallest absolute Gasteiger partial charge is 0.207 e. The van der Waals surface area contributed by atoms with Crippen molar-refractivity contribution in [2.45, 2.75) is 31.3 Å². The molecule has 0 saturated carbocycles. The first-order chi connectivity index (χ1) is 10.3. The Morgan fingerprint density at radius 3 is 2.45 bits per heavy atom. The summed E-state index contributed by atoms with van der Waals surface area (Å²) in [5.74, 6) is -1.93.